The van der Waals surface area contributed by atoms with E-state index in [0.29, 0.717) is 0 Å². The van der Waals surface area contributed by atoms with Crippen molar-refractivity contribution in [1.82, 2.24) is 0 Å². The van der Waals surface area contributed by atoms with Gasteiger partial charge in [-0.1, -0.05) is 69.1 Å². The smallest absolute Gasteiger partial charge is 0.0282 e. The first-order valence-corrected chi connectivity index (χ1v) is 5.80. The normalized spacial score (nSPS) is 18.6. The summed E-state index contributed by atoms with van der Waals surface area (Å²) in [6, 6.07) is 0. The Morgan fingerprint density at radius 1 is 1.21 bits per heavy atom. The molecule has 0 aromatic carbocycles. The first kappa shape index (κ1) is 11.3. The quantitative estimate of drug-likeness (QED) is 0.554. The summed E-state index contributed by atoms with van der Waals surface area (Å²) in [6.45, 7) is 7.70. The van der Waals surface area contributed by atoms with Crippen LogP contribution in [0.5, 0.6) is 0 Å². The fraction of sp³-hybridized carbons (Fsp3) is 0.571. The van der Waals surface area contributed by atoms with Gasteiger partial charge in [0.05, 0.1) is 0 Å². The number of hydrogen-bond donors (Lipinski definition) is 0. The van der Waals surface area contributed by atoms with Crippen molar-refractivity contribution in [1.29, 1.82) is 0 Å². The molecular formula is C14H22. The molecule has 1 rings (SSSR count). The molecule has 0 N–H and O–H groups in total. The summed E-state index contributed by atoms with van der Waals surface area (Å²) in [5.41, 5.74) is 1.25. The van der Waals surface area contributed by atoms with Crippen molar-refractivity contribution >= 4 is 0 Å². The zero-order valence-corrected chi connectivity index (χ0v) is 9.17. The van der Waals surface area contributed by atoms with Crippen LogP contribution in [-0.2, 0) is 0 Å². The SMILES string of the molecule is C=C/C=C\C(=C)CCC1CCCCC1. The van der Waals surface area contributed by atoms with Gasteiger partial charge in [-0.25, -0.2) is 0 Å². The molecule has 0 aromatic heterocycles. The van der Waals surface area contributed by atoms with Gasteiger partial charge < -0.3 is 0 Å². The standard InChI is InChI=1S/C14H22/c1-3-4-8-13(2)11-12-14-9-6-5-7-10-14/h3-4,8,14H,1-2,5-7,9-12H2/b8-4-. The van der Waals surface area contributed by atoms with Gasteiger partial charge in [-0.2, -0.15) is 0 Å². The van der Waals surface area contributed by atoms with Gasteiger partial charge >= 0.3 is 0 Å². The summed E-state index contributed by atoms with van der Waals surface area (Å²) in [5, 5.41) is 0. The van der Waals surface area contributed by atoms with Crippen LogP contribution in [0, 0.1) is 5.92 Å². The molecule has 0 aromatic rings. The summed E-state index contributed by atoms with van der Waals surface area (Å²) in [6.07, 6.45) is 15.6. The maximum atomic E-state index is 4.04. The highest BCUT2D eigenvalue weighted by Crippen LogP contribution is 2.28. The first-order chi connectivity index (χ1) is 6.83. The van der Waals surface area contributed by atoms with Gasteiger partial charge in [-0.3, -0.25) is 0 Å². The van der Waals surface area contributed by atoms with Crippen molar-refractivity contribution in [3.63, 3.8) is 0 Å². The molecule has 0 spiro atoms. The topological polar surface area (TPSA) is 0 Å². The average Bonchev–Trinajstić information content (AvgIpc) is 2.25. The first-order valence-electron chi connectivity index (χ1n) is 5.80. The Bertz CT molecular complexity index is 204. The predicted octanol–water partition coefficient (Wildman–Crippen LogP) is 4.65. The van der Waals surface area contributed by atoms with E-state index in [1.807, 2.05) is 12.2 Å². The lowest BCUT2D eigenvalue weighted by Gasteiger charge is -2.21. The molecule has 0 amide bonds. The van der Waals surface area contributed by atoms with Gasteiger partial charge in [0.1, 0.15) is 0 Å². The Balaban J connectivity index is 2.15. The van der Waals surface area contributed by atoms with Gasteiger partial charge in [0.25, 0.3) is 0 Å². The van der Waals surface area contributed by atoms with E-state index in [1.165, 1.54) is 44.1 Å². The largest absolute Gasteiger partial charge is 0.0991 e. The average molecular weight is 190 g/mol. The summed E-state index contributed by atoms with van der Waals surface area (Å²) in [5.74, 6) is 0.970. The van der Waals surface area contributed by atoms with Gasteiger partial charge in [0.2, 0.25) is 0 Å². The van der Waals surface area contributed by atoms with Gasteiger partial charge in [-0.05, 0) is 18.8 Å². The van der Waals surface area contributed by atoms with Crippen molar-refractivity contribution in [2.24, 2.45) is 5.92 Å². The summed E-state index contributed by atoms with van der Waals surface area (Å²) >= 11 is 0. The fourth-order valence-corrected chi connectivity index (χ4v) is 2.15. The zero-order chi connectivity index (χ0) is 10.2. The van der Waals surface area contributed by atoms with Crippen LogP contribution in [0.2, 0.25) is 0 Å². The third-order valence-corrected chi connectivity index (χ3v) is 3.07. The minimum atomic E-state index is 0.970. The Morgan fingerprint density at radius 3 is 2.57 bits per heavy atom. The highest BCUT2D eigenvalue weighted by molar-refractivity contribution is 5.17. The third-order valence-electron chi connectivity index (χ3n) is 3.07. The molecule has 0 bridgehead atoms. The van der Waals surface area contributed by atoms with Crippen LogP contribution in [-0.4, -0.2) is 0 Å². The molecular weight excluding hydrogens is 168 g/mol. The highest BCUT2D eigenvalue weighted by Gasteiger charge is 2.12. The van der Waals surface area contributed by atoms with Crippen molar-refractivity contribution in [2.75, 3.05) is 0 Å². The van der Waals surface area contributed by atoms with Crippen LogP contribution in [0.15, 0.2) is 37.0 Å². The van der Waals surface area contributed by atoms with E-state index in [2.05, 4.69) is 19.2 Å². The van der Waals surface area contributed by atoms with E-state index < -0.39 is 0 Å². The number of hydrogen-bond acceptors (Lipinski definition) is 0. The van der Waals surface area contributed by atoms with E-state index in [9.17, 15) is 0 Å². The van der Waals surface area contributed by atoms with Crippen molar-refractivity contribution in [3.05, 3.63) is 37.0 Å². The Labute approximate surface area is 88.4 Å². The van der Waals surface area contributed by atoms with Crippen LogP contribution in [0.4, 0.5) is 0 Å². The molecule has 0 heteroatoms. The zero-order valence-electron chi connectivity index (χ0n) is 9.17. The molecule has 0 radical (unpaired) electrons. The lowest BCUT2D eigenvalue weighted by Crippen LogP contribution is -2.05. The number of rotatable bonds is 5. The maximum Gasteiger partial charge on any atom is -0.0282 e. The molecule has 1 aliphatic rings. The lowest BCUT2D eigenvalue weighted by atomic mass is 9.85. The van der Waals surface area contributed by atoms with Crippen LogP contribution in [0.25, 0.3) is 0 Å². The molecule has 0 saturated heterocycles. The molecule has 0 unspecified atom stereocenters. The monoisotopic (exact) mass is 190 g/mol. The molecule has 1 fully saturated rings. The second-order valence-corrected chi connectivity index (χ2v) is 4.30. The van der Waals surface area contributed by atoms with E-state index in [-0.39, 0.29) is 0 Å². The van der Waals surface area contributed by atoms with E-state index in [4.69, 9.17) is 0 Å². The second-order valence-electron chi connectivity index (χ2n) is 4.30. The van der Waals surface area contributed by atoms with E-state index in [1.54, 1.807) is 0 Å². The fourth-order valence-electron chi connectivity index (χ4n) is 2.15. The minimum Gasteiger partial charge on any atom is -0.0991 e. The molecule has 78 valence electrons. The van der Waals surface area contributed by atoms with E-state index >= 15 is 0 Å². The van der Waals surface area contributed by atoms with Crippen LogP contribution in [0.1, 0.15) is 44.9 Å². The van der Waals surface area contributed by atoms with Crippen molar-refractivity contribution in [2.45, 2.75) is 44.9 Å². The third kappa shape index (κ3) is 4.45. The van der Waals surface area contributed by atoms with Crippen LogP contribution < -0.4 is 0 Å². The second kappa shape index (κ2) is 6.64. The minimum absolute atomic E-state index is 0.970. The molecule has 1 saturated carbocycles. The van der Waals surface area contributed by atoms with Gasteiger partial charge in [0, 0.05) is 0 Å². The molecule has 14 heavy (non-hydrogen) atoms. The summed E-state index contributed by atoms with van der Waals surface area (Å²) < 4.78 is 0. The lowest BCUT2D eigenvalue weighted by molar-refractivity contribution is 0.340. The van der Waals surface area contributed by atoms with Gasteiger partial charge in [-0.15, -0.1) is 0 Å². The molecule has 0 heterocycles. The van der Waals surface area contributed by atoms with Crippen molar-refractivity contribution in [3.8, 4) is 0 Å². The van der Waals surface area contributed by atoms with Gasteiger partial charge in [0.15, 0.2) is 0 Å². The molecule has 0 nitrogen and oxygen atoms in total. The summed E-state index contributed by atoms with van der Waals surface area (Å²) in [4.78, 5) is 0. The number of allylic oxidation sites excluding steroid dienone is 4. The summed E-state index contributed by atoms with van der Waals surface area (Å²) in [7, 11) is 0. The maximum absolute atomic E-state index is 4.04. The van der Waals surface area contributed by atoms with Crippen molar-refractivity contribution < 1.29 is 0 Å². The Hall–Kier alpha value is -0.780. The molecule has 0 aliphatic heterocycles. The highest BCUT2D eigenvalue weighted by atomic mass is 14.2. The van der Waals surface area contributed by atoms with Crippen LogP contribution >= 0.6 is 0 Å². The predicted molar refractivity (Wildman–Crippen MR) is 64.3 cm³/mol. The van der Waals surface area contributed by atoms with E-state index in [0.717, 1.165) is 12.3 Å². The Kier molecular flexibility index (Phi) is 5.36. The van der Waals surface area contributed by atoms with Crippen LogP contribution in [0.3, 0.4) is 0 Å². The Morgan fingerprint density at radius 2 is 1.93 bits per heavy atom. The molecule has 1 aliphatic carbocycles. The molecule has 0 atom stereocenters.